The second-order valence-electron chi connectivity index (χ2n) is 6.80. The van der Waals surface area contributed by atoms with Crippen molar-refractivity contribution in [2.24, 2.45) is 7.05 Å². The average molecular weight is 417 g/mol. The number of hydrogen-bond acceptors (Lipinski definition) is 4. The Labute approximate surface area is 168 Å². The highest BCUT2D eigenvalue weighted by molar-refractivity contribution is 5.91. The van der Waals surface area contributed by atoms with Gasteiger partial charge in [0.1, 0.15) is 16.8 Å². The number of nitrogens with zero attached hydrogens (tertiary/aromatic N) is 5. The molecule has 0 amide bonds. The molecule has 0 unspecified atom stereocenters. The van der Waals surface area contributed by atoms with Crippen LogP contribution < -0.4 is 10.3 Å². The number of pyridine rings is 1. The lowest BCUT2D eigenvalue weighted by Gasteiger charge is -2.12. The largest absolute Gasteiger partial charge is 0.573 e. The SMILES string of the molecule is CCCn1cnc2c(-c3cnn(C)c3)cn(-c3ccc(OC(F)(F)F)cc3)c(=O)c21. The predicted molar refractivity (Wildman–Crippen MR) is 105 cm³/mol. The number of fused-ring (bicyclic) bond motifs is 1. The first-order valence-electron chi connectivity index (χ1n) is 9.22. The van der Waals surface area contributed by atoms with Crippen molar-refractivity contribution in [2.45, 2.75) is 26.3 Å². The molecule has 0 spiro atoms. The van der Waals surface area contributed by atoms with E-state index in [0.29, 0.717) is 28.8 Å². The molecule has 0 aliphatic rings. The third kappa shape index (κ3) is 3.68. The maximum Gasteiger partial charge on any atom is 0.573 e. The fourth-order valence-corrected chi connectivity index (χ4v) is 3.35. The summed E-state index contributed by atoms with van der Waals surface area (Å²) in [6.07, 6.45) is 2.76. The number of halogens is 3. The number of alkyl halides is 3. The molecule has 156 valence electrons. The van der Waals surface area contributed by atoms with Crippen LogP contribution >= 0.6 is 0 Å². The van der Waals surface area contributed by atoms with E-state index in [-0.39, 0.29) is 11.3 Å². The van der Waals surface area contributed by atoms with Gasteiger partial charge in [0.25, 0.3) is 5.56 Å². The van der Waals surface area contributed by atoms with E-state index in [1.165, 1.54) is 28.8 Å². The molecule has 4 rings (SSSR count). The van der Waals surface area contributed by atoms with Crippen LogP contribution in [0.4, 0.5) is 13.2 Å². The number of imidazole rings is 1. The smallest absolute Gasteiger partial charge is 0.406 e. The Bertz CT molecular complexity index is 1250. The number of hydrogen-bond donors (Lipinski definition) is 0. The topological polar surface area (TPSA) is 66.9 Å². The summed E-state index contributed by atoms with van der Waals surface area (Å²) in [5.41, 5.74) is 2.54. The molecule has 0 N–H and O–H groups in total. The number of ether oxygens (including phenoxy) is 1. The predicted octanol–water partition coefficient (Wildman–Crippen LogP) is 3.90. The maximum absolute atomic E-state index is 13.3. The number of aromatic nitrogens is 5. The van der Waals surface area contributed by atoms with Crippen LogP contribution in [0.5, 0.6) is 5.75 Å². The highest BCUT2D eigenvalue weighted by atomic mass is 19.4. The molecule has 0 saturated heterocycles. The first-order chi connectivity index (χ1) is 14.3. The zero-order valence-corrected chi connectivity index (χ0v) is 16.2. The highest BCUT2D eigenvalue weighted by Gasteiger charge is 2.31. The van der Waals surface area contributed by atoms with Crippen LogP contribution in [0.15, 0.2) is 54.0 Å². The number of benzene rings is 1. The molecule has 0 aliphatic carbocycles. The zero-order chi connectivity index (χ0) is 21.5. The molecule has 0 fully saturated rings. The fraction of sp³-hybridized carbons (Fsp3) is 0.250. The molecule has 3 heterocycles. The summed E-state index contributed by atoms with van der Waals surface area (Å²) in [7, 11) is 1.78. The minimum Gasteiger partial charge on any atom is -0.406 e. The molecule has 0 saturated carbocycles. The summed E-state index contributed by atoms with van der Waals surface area (Å²) in [5.74, 6) is -0.358. The molecule has 1 aromatic carbocycles. The summed E-state index contributed by atoms with van der Waals surface area (Å²) in [5, 5.41) is 4.19. The summed E-state index contributed by atoms with van der Waals surface area (Å²) in [6.45, 7) is 2.61. The second kappa shape index (κ2) is 7.36. The zero-order valence-electron chi connectivity index (χ0n) is 16.2. The van der Waals surface area contributed by atoms with Gasteiger partial charge >= 0.3 is 6.36 Å². The molecule has 3 aromatic heterocycles. The first kappa shape index (κ1) is 19.7. The molecule has 0 bridgehead atoms. The van der Waals surface area contributed by atoms with E-state index < -0.39 is 6.36 Å². The van der Waals surface area contributed by atoms with E-state index >= 15 is 0 Å². The Balaban J connectivity index is 1.90. The molecule has 4 aromatic rings. The van der Waals surface area contributed by atoms with Crippen molar-refractivity contribution in [3.63, 3.8) is 0 Å². The van der Waals surface area contributed by atoms with Crippen LogP contribution in [0.2, 0.25) is 0 Å². The minimum absolute atomic E-state index is 0.312. The number of aryl methyl sites for hydroxylation is 2. The number of rotatable bonds is 5. The van der Waals surface area contributed by atoms with Crippen molar-refractivity contribution in [1.29, 1.82) is 0 Å². The normalized spacial score (nSPS) is 11.9. The molecule has 0 atom stereocenters. The molecule has 0 radical (unpaired) electrons. The third-order valence-corrected chi connectivity index (χ3v) is 4.60. The van der Waals surface area contributed by atoms with Gasteiger partial charge in [-0.1, -0.05) is 6.92 Å². The van der Waals surface area contributed by atoms with Crippen LogP contribution in [0.1, 0.15) is 13.3 Å². The van der Waals surface area contributed by atoms with Gasteiger partial charge in [0.05, 0.1) is 12.5 Å². The van der Waals surface area contributed by atoms with Gasteiger partial charge in [0, 0.05) is 42.8 Å². The van der Waals surface area contributed by atoms with Crippen molar-refractivity contribution in [3.8, 4) is 22.6 Å². The van der Waals surface area contributed by atoms with Crippen molar-refractivity contribution >= 4 is 11.0 Å². The van der Waals surface area contributed by atoms with Crippen LogP contribution in [-0.4, -0.2) is 30.3 Å². The fourth-order valence-electron chi connectivity index (χ4n) is 3.35. The van der Waals surface area contributed by atoms with Gasteiger partial charge in [-0.05, 0) is 30.7 Å². The summed E-state index contributed by atoms with van der Waals surface area (Å²) < 4.78 is 46.0. The monoisotopic (exact) mass is 417 g/mol. The summed E-state index contributed by atoms with van der Waals surface area (Å²) in [4.78, 5) is 17.7. The Kier molecular flexibility index (Phi) is 4.84. The van der Waals surface area contributed by atoms with Gasteiger partial charge < -0.3 is 9.30 Å². The Morgan fingerprint density at radius 1 is 1.13 bits per heavy atom. The summed E-state index contributed by atoms with van der Waals surface area (Å²) in [6, 6.07) is 5.16. The van der Waals surface area contributed by atoms with Crippen LogP contribution in [-0.2, 0) is 13.6 Å². The van der Waals surface area contributed by atoms with Crippen molar-refractivity contribution < 1.29 is 17.9 Å². The van der Waals surface area contributed by atoms with E-state index in [1.807, 2.05) is 13.1 Å². The molecular formula is C20H18F3N5O2. The van der Waals surface area contributed by atoms with Crippen molar-refractivity contribution in [1.82, 2.24) is 23.9 Å². The lowest BCUT2D eigenvalue weighted by Crippen LogP contribution is -2.21. The van der Waals surface area contributed by atoms with Gasteiger partial charge in [0.15, 0.2) is 0 Å². The quantitative estimate of drug-likeness (QED) is 0.494. The molecule has 0 aliphatic heterocycles. The van der Waals surface area contributed by atoms with Crippen molar-refractivity contribution in [2.75, 3.05) is 0 Å². The Morgan fingerprint density at radius 3 is 2.47 bits per heavy atom. The van der Waals surface area contributed by atoms with Crippen LogP contribution in [0, 0.1) is 0 Å². The van der Waals surface area contributed by atoms with E-state index in [4.69, 9.17) is 0 Å². The lowest BCUT2D eigenvalue weighted by atomic mass is 10.1. The van der Waals surface area contributed by atoms with E-state index in [1.54, 1.807) is 35.0 Å². The highest BCUT2D eigenvalue weighted by Crippen LogP contribution is 2.28. The van der Waals surface area contributed by atoms with Crippen LogP contribution in [0.25, 0.3) is 27.8 Å². The second-order valence-corrected chi connectivity index (χ2v) is 6.80. The van der Waals surface area contributed by atoms with Gasteiger partial charge in [0.2, 0.25) is 0 Å². The van der Waals surface area contributed by atoms with Gasteiger partial charge in [-0.25, -0.2) is 4.98 Å². The van der Waals surface area contributed by atoms with E-state index in [0.717, 1.165) is 12.0 Å². The van der Waals surface area contributed by atoms with E-state index in [2.05, 4.69) is 14.8 Å². The maximum atomic E-state index is 13.3. The third-order valence-electron chi connectivity index (χ3n) is 4.60. The van der Waals surface area contributed by atoms with Gasteiger partial charge in [-0.3, -0.25) is 14.0 Å². The lowest BCUT2D eigenvalue weighted by molar-refractivity contribution is -0.274. The summed E-state index contributed by atoms with van der Waals surface area (Å²) >= 11 is 0. The minimum atomic E-state index is -4.78. The standard InChI is InChI=1S/C20H18F3N5O2/c1-3-8-27-12-24-17-16(13-9-25-26(2)10-13)11-28(19(29)18(17)27)14-4-6-15(7-5-14)30-20(21,22)23/h4-7,9-12H,3,8H2,1-2H3. The Morgan fingerprint density at radius 2 is 1.87 bits per heavy atom. The van der Waals surface area contributed by atoms with E-state index in [9.17, 15) is 18.0 Å². The molecule has 7 nitrogen and oxygen atoms in total. The molecule has 10 heteroatoms. The molecule has 30 heavy (non-hydrogen) atoms. The average Bonchev–Trinajstić information content (AvgIpc) is 3.29. The molecular weight excluding hydrogens is 399 g/mol. The van der Waals surface area contributed by atoms with Crippen molar-refractivity contribution in [3.05, 3.63) is 59.5 Å². The first-order valence-corrected chi connectivity index (χ1v) is 9.22. The van der Waals surface area contributed by atoms with Crippen LogP contribution in [0.3, 0.4) is 0 Å². The Hall–Kier alpha value is -3.56. The van der Waals surface area contributed by atoms with Gasteiger partial charge in [-0.2, -0.15) is 5.10 Å². The van der Waals surface area contributed by atoms with Gasteiger partial charge in [-0.15, -0.1) is 13.2 Å².